The molecular weight excluding hydrogens is 424 g/mol. The second kappa shape index (κ2) is 8.22. The molecule has 1 aromatic carbocycles. The standard InChI is InChI=1S/C22H16F4N6/c1-31-13-18(21(30-31)14-2-5-16(23)6-3-14)19-8-9-20(27)32(29-19)11-10-17-7-4-15(12-28-17)22(24,25)26/h2-13,27H,1H3/b11-10+,27-20?. The Morgan fingerprint density at radius 1 is 0.969 bits per heavy atom. The molecule has 6 nitrogen and oxygen atoms in total. The highest BCUT2D eigenvalue weighted by Gasteiger charge is 2.30. The molecule has 0 unspecified atom stereocenters. The number of aromatic nitrogens is 5. The molecule has 10 heteroatoms. The van der Waals surface area contributed by atoms with E-state index in [9.17, 15) is 17.6 Å². The van der Waals surface area contributed by atoms with Gasteiger partial charge in [-0.1, -0.05) is 0 Å². The van der Waals surface area contributed by atoms with Crippen LogP contribution in [0.3, 0.4) is 0 Å². The highest BCUT2D eigenvalue weighted by molar-refractivity contribution is 5.78. The van der Waals surface area contributed by atoms with Crippen LogP contribution >= 0.6 is 0 Å². The number of halogens is 4. The van der Waals surface area contributed by atoms with Crippen molar-refractivity contribution in [3.05, 3.63) is 83.5 Å². The minimum Gasteiger partial charge on any atom is -0.283 e. The fourth-order valence-corrected chi connectivity index (χ4v) is 3.01. The zero-order valence-electron chi connectivity index (χ0n) is 16.7. The van der Waals surface area contributed by atoms with E-state index in [2.05, 4.69) is 15.2 Å². The van der Waals surface area contributed by atoms with Gasteiger partial charge in [0.15, 0.2) is 0 Å². The van der Waals surface area contributed by atoms with Crippen molar-refractivity contribution in [2.75, 3.05) is 0 Å². The highest BCUT2D eigenvalue weighted by Crippen LogP contribution is 2.30. The minimum atomic E-state index is -4.46. The molecule has 0 atom stereocenters. The molecule has 0 saturated heterocycles. The predicted octanol–water partition coefficient (Wildman–Crippen LogP) is 4.61. The first-order chi connectivity index (χ1) is 15.2. The van der Waals surface area contributed by atoms with E-state index >= 15 is 0 Å². The van der Waals surface area contributed by atoms with Gasteiger partial charge in [-0.05, 0) is 54.6 Å². The van der Waals surface area contributed by atoms with Gasteiger partial charge < -0.3 is 0 Å². The fraction of sp³-hybridized carbons (Fsp3) is 0.0909. The molecule has 3 aromatic heterocycles. The molecule has 0 radical (unpaired) electrons. The number of benzene rings is 1. The number of nitrogens with one attached hydrogen (secondary N) is 1. The SMILES string of the molecule is Cn1cc(-c2ccc(=N)n(/C=C/c3ccc(C(F)(F)F)cn3)n2)c(-c2ccc(F)cc2)n1. The summed E-state index contributed by atoms with van der Waals surface area (Å²) in [5.74, 6) is -0.359. The molecular formula is C22H16F4N6. The zero-order valence-corrected chi connectivity index (χ0v) is 16.7. The summed E-state index contributed by atoms with van der Waals surface area (Å²) in [7, 11) is 1.75. The maximum atomic E-state index is 13.3. The third-order valence-electron chi connectivity index (χ3n) is 4.58. The van der Waals surface area contributed by atoms with Crippen LogP contribution in [0.15, 0.2) is 60.9 Å². The van der Waals surface area contributed by atoms with Crippen LogP contribution in [-0.4, -0.2) is 24.5 Å². The third kappa shape index (κ3) is 4.48. The summed E-state index contributed by atoms with van der Waals surface area (Å²) >= 11 is 0. The smallest absolute Gasteiger partial charge is 0.283 e. The van der Waals surface area contributed by atoms with Crippen molar-refractivity contribution in [1.29, 1.82) is 5.41 Å². The Hall–Kier alpha value is -4.08. The summed E-state index contributed by atoms with van der Waals surface area (Å²) in [6, 6.07) is 11.3. The Labute approximate surface area is 179 Å². The quantitative estimate of drug-likeness (QED) is 0.471. The molecule has 4 rings (SSSR count). The Morgan fingerprint density at radius 2 is 1.72 bits per heavy atom. The van der Waals surface area contributed by atoms with Crippen molar-refractivity contribution in [1.82, 2.24) is 24.5 Å². The molecule has 0 aliphatic carbocycles. The predicted molar refractivity (Wildman–Crippen MR) is 110 cm³/mol. The van der Waals surface area contributed by atoms with Crippen molar-refractivity contribution in [2.45, 2.75) is 6.18 Å². The number of alkyl halides is 3. The van der Waals surface area contributed by atoms with E-state index in [-0.39, 0.29) is 17.0 Å². The van der Waals surface area contributed by atoms with Crippen LogP contribution in [0.1, 0.15) is 11.3 Å². The molecule has 0 amide bonds. The van der Waals surface area contributed by atoms with Gasteiger partial charge >= 0.3 is 6.18 Å². The summed E-state index contributed by atoms with van der Waals surface area (Å²) in [6.45, 7) is 0. The first-order valence-corrected chi connectivity index (χ1v) is 9.36. The first-order valence-electron chi connectivity index (χ1n) is 9.36. The second-order valence-corrected chi connectivity index (χ2v) is 6.91. The van der Waals surface area contributed by atoms with Crippen LogP contribution in [0, 0.1) is 11.2 Å². The van der Waals surface area contributed by atoms with Gasteiger partial charge in [0, 0.05) is 36.8 Å². The van der Waals surface area contributed by atoms with E-state index in [1.54, 1.807) is 36.1 Å². The average molecular weight is 440 g/mol. The summed E-state index contributed by atoms with van der Waals surface area (Å²) in [5, 5.41) is 17.0. The summed E-state index contributed by atoms with van der Waals surface area (Å²) in [4.78, 5) is 3.78. The number of rotatable bonds is 4. The summed E-state index contributed by atoms with van der Waals surface area (Å²) in [6.07, 6.45) is 0.950. The van der Waals surface area contributed by atoms with Gasteiger partial charge in [-0.3, -0.25) is 15.1 Å². The van der Waals surface area contributed by atoms with Crippen molar-refractivity contribution in [3.63, 3.8) is 0 Å². The van der Waals surface area contributed by atoms with E-state index in [1.807, 2.05) is 0 Å². The zero-order chi connectivity index (χ0) is 22.9. The van der Waals surface area contributed by atoms with Crippen LogP contribution in [0.2, 0.25) is 0 Å². The molecule has 0 saturated carbocycles. The van der Waals surface area contributed by atoms with Gasteiger partial charge in [-0.15, -0.1) is 0 Å². The average Bonchev–Trinajstić information content (AvgIpc) is 3.15. The number of nitrogens with zero attached hydrogens (tertiary/aromatic N) is 5. The van der Waals surface area contributed by atoms with E-state index in [4.69, 9.17) is 5.41 Å². The van der Waals surface area contributed by atoms with Crippen molar-refractivity contribution < 1.29 is 17.6 Å². The Kier molecular flexibility index (Phi) is 5.43. The number of hydrogen-bond acceptors (Lipinski definition) is 4. The van der Waals surface area contributed by atoms with E-state index in [0.717, 1.165) is 12.3 Å². The highest BCUT2D eigenvalue weighted by atomic mass is 19.4. The molecule has 0 aliphatic rings. The van der Waals surface area contributed by atoms with Gasteiger partial charge in [-0.25, -0.2) is 9.07 Å². The topological polar surface area (TPSA) is 72.4 Å². The Bertz CT molecular complexity index is 1330. The summed E-state index contributed by atoms with van der Waals surface area (Å²) in [5.41, 5.74) is 1.99. The van der Waals surface area contributed by atoms with Crippen molar-refractivity contribution in [3.8, 4) is 22.5 Å². The van der Waals surface area contributed by atoms with Crippen LogP contribution in [0.4, 0.5) is 17.6 Å². The van der Waals surface area contributed by atoms with E-state index in [1.165, 1.54) is 41.2 Å². The molecule has 0 aliphatic heterocycles. The monoisotopic (exact) mass is 440 g/mol. The number of hydrogen-bond donors (Lipinski definition) is 1. The second-order valence-electron chi connectivity index (χ2n) is 6.91. The Morgan fingerprint density at radius 3 is 2.38 bits per heavy atom. The number of pyridine rings is 1. The lowest BCUT2D eigenvalue weighted by molar-refractivity contribution is -0.137. The van der Waals surface area contributed by atoms with E-state index in [0.29, 0.717) is 22.5 Å². The minimum absolute atomic E-state index is 0.0594. The lowest BCUT2D eigenvalue weighted by atomic mass is 10.1. The molecule has 0 spiro atoms. The maximum absolute atomic E-state index is 13.3. The van der Waals surface area contributed by atoms with Crippen LogP contribution in [0.25, 0.3) is 34.8 Å². The van der Waals surface area contributed by atoms with Crippen LogP contribution < -0.4 is 5.49 Å². The molecule has 162 valence electrons. The van der Waals surface area contributed by atoms with Gasteiger partial charge in [0.2, 0.25) is 0 Å². The van der Waals surface area contributed by atoms with Gasteiger partial charge in [-0.2, -0.15) is 23.4 Å². The van der Waals surface area contributed by atoms with Crippen molar-refractivity contribution >= 4 is 12.3 Å². The van der Waals surface area contributed by atoms with Crippen LogP contribution in [0.5, 0.6) is 0 Å². The fourth-order valence-electron chi connectivity index (χ4n) is 3.01. The van der Waals surface area contributed by atoms with Gasteiger partial charge in [0.25, 0.3) is 0 Å². The lowest BCUT2D eigenvalue weighted by Crippen LogP contribution is -2.17. The van der Waals surface area contributed by atoms with Crippen molar-refractivity contribution in [2.24, 2.45) is 7.05 Å². The van der Waals surface area contributed by atoms with E-state index < -0.39 is 11.7 Å². The van der Waals surface area contributed by atoms with Gasteiger partial charge in [0.05, 0.1) is 17.0 Å². The molecule has 0 fully saturated rings. The molecule has 1 N–H and O–H groups in total. The normalized spacial score (nSPS) is 11.9. The lowest BCUT2D eigenvalue weighted by Gasteiger charge is -2.06. The molecule has 4 aromatic rings. The molecule has 0 bridgehead atoms. The Balaban J connectivity index is 1.68. The largest absolute Gasteiger partial charge is 0.417 e. The van der Waals surface area contributed by atoms with Gasteiger partial charge in [0.1, 0.15) is 17.0 Å². The third-order valence-corrected chi connectivity index (χ3v) is 4.58. The molecule has 3 heterocycles. The maximum Gasteiger partial charge on any atom is 0.417 e. The number of aryl methyl sites for hydroxylation is 1. The first kappa shape index (κ1) is 21.2. The molecule has 32 heavy (non-hydrogen) atoms. The summed E-state index contributed by atoms with van der Waals surface area (Å²) < 4.78 is 54.2. The van der Waals surface area contributed by atoms with Crippen LogP contribution in [-0.2, 0) is 13.2 Å².